The molecule has 19 heavy (non-hydrogen) atoms. The maximum Gasteiger partial charge on any atom is 1.00 e. The number of carboxylic acid groups (broad SMARTS) is 1. The molecule has 2 aliphatic heterocycles. The van der Waals surface area contributed by atoms with E-state index < -0.39 is 32.5 Å². The number of carbonyl (C=O) groups excluding carboxylic acids is 1. The van der Waals surface area contributed by atoms with Gasteiger partial charge >= 0.3 is 29.6 Å². The van der Waals surface area contributed by atoms with Crippen LogP contribution in [0.25, 0.3) is 0 Å². The molecule has 2 unspecified atom stereocenters. The molecule has 0 bridgehead atoms. The molecule has 8 nitrogen and oxygen atoms in total. The number of carboxylic acids is 1. The number of hydrogen-bond donors (Lipinski definition) is 0. The van der Waals surface area contributed by atoms with Crippen LogP contribution in [0, 0.1) is 0 Å². The average molecular weight is 294 g/mol. The van der Waals surface area contributed by atoms with Crippen molar-refractivity contribution in [3.05, 3.63) is 12.4 Å². The molecule has 2 fully saturated rings. The summed E-state index contributed by atoms with van der Waals surface area (Å²) in [5.41, 5.74) is -1.52. The topological polar surface area (TPSA) is 108 Å². The minimum absolute atomic E-state index is 0. The van der Waals surface area contributed by atoms with Gasteiger partial charge in [-0.3, -0.25) is 9.58 Å². The van der Waals surface area contributed by atoms with Crippen LogP contribution in [-0.2, 0) is 21.2 Å². The molecule has 0 aliphatic carbocycles. The van der Waals surface area contributed by atoms with Gasteiger partial charge in [0.1, 0.15) is 5.37 Å². The zero-order valence-electron chi connectivity index (χ0n) is 10.4. The summed E-state index contributed by atoms with van der Waals surface area (Å²) >= 11 is 0. The zero-order valence-corrected chi connectivity index (χ0v) is 13.2. The van der Waals surface area contributed by atoms with Crippen molar-refractivity contribution in [2.75, 3.05) is 12.3 Å². The minimum Gasteiger partial charge on any atom is -0.548 e. The van der Waals surface area contributed by atoms with Crippen molar-refractivity contribution < 1.29 is 47.9 Å². The van der Waals surface area contributed by atoms with Crippen molar-refractivity contribution in [1.29, 1.82) is 0 Å². The maximum absolute atomic E-state index is 11.9. The van der Waals surface area contributed by atoms with Crippen molar-refractivity contribution in [2.45, 2.75) is 23.9 Å². The molecule has 0 spiro atoms. The predicted octanol–water partition coefficient (Wildman–Crippen LogP) is -5.77. The third-order valence-electron chi connectivity index (χ3n) is 3.64. The first-order valence-corrected chi connectivity index (χ1v) is 7.21. The molecule has 0 amide bonds. The van der Waals surface area contributed by atoms with Gasteiger partial charge in [-0.15, -0.1) is 5.10 Å². The fourth-order valence-electron chi connectivity index (χ4n) is 2.70. The monoisotopic (exact) mass is 294 g/mol. The number of hydrogen-bond acceptors (Lipinski definition) is 7. The molecule has 1 aromatic rings. The molecule has 0 saturated carbocycles. The molecule has 0 N–H and O–H groups in total. The van der Waals surface area contributed by atoms with Crippen LogP contribution >= 0.6 is 0 Å². The summed E-state index contributed by atoms with van der Waals surface area (Å²) < 4.78 is 25.1. The number of aliphatic carboxylic acids is 1. The first-order valence-electron chi connectivity index (χ1n) is 5.50. The number of rotatable bonds is 3. The van der Waals surface area contributed by atoms with E-state index in [1.807, 2.05) is 0 Å². The largest absolute Gasteiger partial charge is 1.00 e. The van der Waals surface area contributed by atoms with E-state index in [9.17, 15) is 18.3 Å². The van der Waals surface area contributed by atoms with Crippen LogP contribution in [0.1, 0.15) is 6.42 Å². The van der Waals surface area contributed by atoms with Crippen LogP contribution in [0.4, 0.5) is 0 Å². The first kappa shape index (κ1) is 14.9. The summed E-state index contributed by atoms with van der Waals surface area (Å²) in [4.78, 5) is 12.9. The van der Waals surface area contributed by atoms with E-state index in [-0.39, 0.29) is 36.1 Å². The van der Waals surface area contributed by atoms with Crippen LogP contribution in [0.2, 0.25) is 0 Å². The van der Waals surface area contributed by atoms with E-state index in [1.165, 1.54) is 22.0 Å². The molecular weight excluding hydrogens is 283 g/mol. The van der Waals surface area contributed by atoms with Gasteiger partial charge in [0.05, 0.1) is 30.0 Å². The fraction of sp³-hybridized carbons (Fsp3) is 0.667. The molecule has 2 atom stereocenters. The van der Waals surface area contributed by atoms with E-state index in [4.69, 9.17) is 0 Å². The zero-order chi connectivity index (χ0) is 13.0. The van der Waals surface area contributed by atoms with Gasteiger partial charge < -0.3 is 9.90 Å². The van der Waals surface area contributed by atoms with Gasteiger partial charge in [-0.05, 0) is 6.42 Å². The summed E-state index contributed by atoms with van der Waals surface area (Å²) in [6.07, 6.45) is 3.40. The van der Waals surface area contributed by atoms with E-state index in [0.29, 0.717) is 13.0 Å². The maximum atomic E-state index is 11.9. The van der Waals surface area contributed by atoms with Gasteiger partial charge in [-0.2, -0.15) is 0 Å². The third kappa shape index (κ3) is 2.13. The standard InChI is InChI=1S/C9H12N4O4S.Na/c14-8(15)9(5-12-4-2-10-11-12)6-18(16,17)7-1-3-13(7)9;/h2,4,7H,1,3,5-6H2,(H,14,15);/q;+1/p-1. The predicted molar refractivity (Wildman–Crippen MR) is 56.7 cm³/mol. The van der Waals surface area contributed by atoms with Gasteiger partial charge in [0.2, 0.25) is 0 Å². The summed E-state index contributed by atoms with van der Waals surface area (Å²) in [6.45, 7) is 0.387. The molecule has 98 valence electrons. The second-order valence-electron chi connectivity index (χ2n) is 4.66. The molecule has 3 rings (SSSR count). The Labute approximate surface area is 132 Å². The van der Waals surface area contributed by atoms with Crippen LogP contribution in [-0.4, -0.2) is 57.5 Å². The van der Waals surface area contributed by atoms with E-state index in [0.717, 1.165) is 0 Å². The Kier molecular flexibility index (Phi) is 3.78. The van der Waals surface area contributed by atoms with E-state index in [2.05, 4.69) is 10.3 Å². The Balaban J connectivity index is 0.00000133. The SMILES string of the molecule is O=C([O-])C1(Cn2ccnn2)CS(=O)(=O)C2CCN21.[Na+]. The number of fused-ring (bicyclic) bond motifs is 1. The quantitative estimate of drug-likeness (QED) is 0.511. The first-order chi connectivity index (χ1) is 8.46. The minimum atomic E-state index is -3.40. The molecular formula is C9H11N4NaO4S. The molecule has 2 saturated heterocycles. The fourth-order valence-corrected chi connectivity index (χ4v) is 5.09. The Morgan fingerprint density at radius 1 is 1.53 bits per heavy atom. The Morgan fingerprint density at radius 2 is 2.26 bits per heavy atom. The van der Waals surface area contributed by atoms with Crippen molar-refractivity contribution in [3.8, 4) is 0 Å². The van der Waals surface area contributed by atoms with Crippen LogP contribution in [0.5, 0.6) is 0 Å². The van der Waals surface area contributed by atoms with Crippen molar-refractivity contribution in [2.24, 2.45) is 0 Å². The second kappa shape index (κ2) is 4.81. The van der Waals surface area contributed by atoms with Crippen molar-refractivity contribution in [1.82, 2.24) is 19.9 Å². The van der Waals surface area contributed by atoms with Gasteiger partial charge in [0.15, 0.2) is 9.84 Å². The van der Waals surface area contributed by atoms with E-state index in [1.54, 1.807) is 0 Å². The second-order valence-corrected chi connectivity index (χ2v) is 6.82. The van der Waals surface area contributed by atoms with Crippen LogP contribution in [0.15, 0.2) is 12.4 Å². The molecule has 3 heterocycles. The number of sulfone groups is 1. The molecule has 0 aromatic carbocycles. The summed E-state index contributed by atoms with van der Waals surface area (Å²) in [7, 11) is -3.40. The number of carbonyl (C=O) groups is 1. The third-order valence-corrected chi connectivity index (χ3v) is 5.84. The molecule has 0 radical (unpaired) electrons. The number of nitrogens with zero attached hydrogens (tertiary/aromatic N) is 4. The van der Waals surface area contributed by atoms with Crippen molar-refractivity contribution >= 4 is 15.8 Å². The summed E-state index contributed by atoms with van der Waals surface area (Å²) in [5, 5.41) is 18.0. The molecule has 10 heteroatoms. The summed E-state index contributed by atoms with van der Waals surface area (Å²) in [6, 6.07) is 0. The normalized spacial score (nSPS) is 32.1. The van der Waals surface area contributed by atoms with E-state index >= 15 is 0 Å². The van der Waals surface area contributed by atoms with Crippen LogP contribution < -0.4 is 34.7 Å². The Bertz CT molecular complexity index is 589. The molecule has 1 aromatic heterocycles. The van der Waals surface area contributed by atoms with Gasteiger partial charge in [-0.1, -0.05) is 5.21 Å². The van der Waals surface area contributed by atoms with Gasteiger partial charge in [0, 0.05) is 12.7 Å². The molecule has 2 aliphatic rings. The Hall–Kier alpha value is -0.480. The Morgan fingerprint density at radius 3 is 2.68 bits per heavy atom. The average Bonchev–Trinajstić information content (AvgIpc) is 2.70. The van der Waals surface area contributed by atoms with Crippen molar-refractivity contribution in [3.63, 3.8) is 0 Å². The number of aromatic nitrogens is 3. The van der Waals surface area contributed by atoms with Gasteiger partial charge in [-0.25, -0.2) is 8.42 Å². The van der Waals surface area contributed by atoms with Crippen LogP contribution in [0.3, 0.4) is 0 Å². The summed E-state index contributed by atoms with van der Waals surface area (Å²) in [5.74, 6) is -1.80. The van der Waals surface area contributed by atoms with Gasteiger partial charge in [0.25, 0.3) is 0 Å². The smallest absolute Gasteiger partial charge is 0.548 e.